The molecule has 5 nitrogen and oxygen atoms in total. The minimum atomic E-state index is -0.896. The number of benzene rings is 1. The number of hydrogen-bond donors (Lipinski definition) is 1. The highest BCUT2D eigenvalue weighted by Gasteiger charge is 2.58. The van der Waals surface area contributed by atoms with Crippen LogP contribution < -0.4 is 5.32 Å². The standard InChI is InChI=1S/C16H17N3O2/c17-11-12-5-1-2-6-13(12)18-14(20)16(7-8-16)15(21)19-9-3-4-10-19/h1-2,5-6H,3-4,7-10H2,(H,18,20). The molecule has 1 aliphatic heterocycles. The van der Waals surface area contributed by atoms with Gasteiger partial charge in [-0.05, 0) is 37.8 Å². The van der Waals surface area contributed by atoms with Gasteiger partial charge >= 0.3 is 0 Å². The second-order valence-electron chi connectivity index (χ2n) is 5.69. The molecule has 108 valence electrons. The minimum absolute atomic E-state index is 0.0491. The van der Waals surface area contributed by atoms with E-state index in [9.17, 15) is 9.59 Å². The molecule has 0 aromatic heterocycles. The van der Waals surface area contributed by atoms with Crippen LogP contribution in [0.3, 0.4) is 0 Å². The zero-order valence-electron chi connectivity index (χ0n) is 11.8. The summed E-state index contributed by atoms with van der Waals surface area (Å²) in [6, 6.07) is 8.89. The number of rotatable bonds is 3. The number of hydrogen-bond acceptors (Lipinski definition) is 3. The second-order valence-corrected chi connectivity index (χ2v) is 5.69. The van der Waals surface area contributed by atoms with Gasteiger partial charge in [-0.2, -0.15) is 5.26 Å². The molecule has 1 saturated heterocycles. The van der Waals surface area contributed by atoms with Crippen molar-refractivity contribution in [1.29, 1.82) is 5.26 Å². The van der Waals surface area contributed by atoms with Gasteiger partial charge in [0.2, 0.25) is 11.8 Å². The van der Waals surface area contributed by atoms with Crippen LogP contribution in [0.5, 0.6) is 0 Å². The van der Waals surface area contributed by atoms with Crippen molar-refractivity contribution < 1.29 is 9.59 Å². The largest absolute Gasteiger partial charge is 0.342 e. The molecule has 0 bridgehead atoms. The average Bonchev–Trinajstić information content (AvgIpc) is 3.14. The molecule has 0 spiro atoms. The minimum Gasteiger partial charge on any atom is -0.342 e. The van der Waals surface area contributed by atoms with E-state index < -0.39 is 5.41 Å². The molecule has 1 heterocycles. The lowest BCUT2D eigenvalue weighted by atomic mass is 10.0. The van der Waals surface area contributed by atoms with Crippen LogP contribution in [0.4, 0.5) is 5.69 Å². The highest BCUT2D eigenvalue weighted by atomic mass is 16.2. The molecule has 1 aromatic carbocycles. The Morgan fingerprint density at radius 2 is 1.86 bits per heavy atom. The van der Waals surface area contributed by atoms with E-state index in [1.165, 1.54) is 0 Å². The quantitative estimate of drug-likeness (QED) is 0.861. The van der Waals surface area contributed by atoms with E-state index in [-0.39, 0.29) is 11.8 Å². The van der Waals surface area contributed by atoms with Crippen molar-refractivity contribution in [2.24, 2.45) is 5.41 Å². The van der Waals surface area contributed by atoms with Crippen LogP contribution in [0.1, 0.15) is 31.2 Å². The summed E-state index contributed by atoms with van der Waals surface area (Å²) in [6.45, 7) is 1.51. The third-order valence-electron chi connectivity index (χ3n) is 4.28. The van der Waals surface area contributed by atoms with Gasteiger partial charge in [-0.1, -0.05) is 12.1 Å². The molecule has 2 fully saturated rings. The van der Waals surface area contributed by atoms with Crippen molar-refractivity contribution in [2.75, 3.05) is 18.4 Å². The average molecular weight is 283 g/mol. The van der Waals surface area contributed by atoms with Gasteiger partial charge in [-0.3, -0.25) is 9.59 Å². The van der Waals surface area contributed by atoms with Gasteiger partial charge in [0.15, 0.2) is 0 Å². The fourth-order valence-electron chi connectivity index (χ4n) is 2.82. The van der Waals surface area contributed by atoms with E-state index >= 15 is 0 Å². The predicted octanol–water partition coefficient (Wildman–Crippen LogP) is 1.90. The van der Waals surface area contributed by atoms with E-state index in [0.717, 1.165) is 25.9 Å². The molecule has 1 aromatic rings. The van der Waals surface area contributed by atoms with Crippen LogP contribution in [0.15, 0.2) is 24.3 Å². The molecular weight excluding hydrogens is 266 g/mol. The van der Waals surface area contributed by atoms with Crippen LogP contribution in [0, 0.1) is 16.7 Å². The first kappa shape index (κ1) is 13.6. The zero-order chi connectivity index (χ0) is 14.9. The Hall–Kier alpha value is -2.35. The van der Waals surface area contributed by atoms with Crippen molar-refractivity contribution in [2.45, 2.75) is 25.7 Å². The number of nitrogens with one attached hydrogen (secondary N) is 1. The first-order valence-electron chi connectivity index (χ1n) is 7.27. The van der Waals surface area contributed by atoms with E-state index in [2.05, 4.69) is 5.32 Å². The number of carbonyl (C=O) groups is 2. The summed E-state index contributed by atoms with van der Waals surface area (Å²) >= 11 is 0. The van der Waals surface area contributed by atoms with Crippen molar-refractivity contribution in [3.05, 3.63) is 29.8 Å². The van der Waals surface area contributed by atoms with Gasteiger partial charge in [0.25, 0.3) is 0 Å². The maximum absolute atomic E-state index is 12.5. The van der Waals surface area contributed by atoms with Gasteiger partial charge < -0.3 is 10.2 Å². The number of anilines is 1. The Kier molecular flexibility index (Phi) is 3.38. The summed E-state index contributed by atoms with van der Waals surface area (Å²) < 4.78 is 0. The highest BCUT2D eigenvalue weighted by Crippen LogP contribution is 2.48. The van der Waals surface area contributed by atoms with Crippen molar-refractivity contribution in [3.63, 3.8) is 0 Å². The molecule has 5 heteroatoms. The molecule has 0 atom stereocenters. The number of carbonyl (C=O) groups excluding carboxylic acids is 2. The van der Waals surface area contributed by atoms with Crippen molar-refractivity contribution >= 4 is 17.5 Å². The Morgan fingerprint density at radius 1 is 1.19 bits per heavy atom. The van der Waals surface area contributed by atoms with Crippen LogP contribution in [0.2, 0.25) is 0 Å². The Balaban J connectivity index is 1.76. The van der Waals surface area contributed by atoms with Gasteiger partial charge in [0.05, 0.1) is 11.3 Å². The van der Waals surface area contributed by atoms with Gasteiger partial charge in [-0.25, -0.2) is 0 Å². The molecule has 1 saturated carbocycles. The fraction of sp³-hybridized carbons (Fsp3) is 0.438. The van der Waals surface area contributed by atoms with Gasteiger partial charge in [-0.15, -0.1) is 0 Å². The number of nitrogens with zero attached hydrogens (tertiary/aromatic N) is 2. The maximum Gasteiger partial charge on any atom is 0.240 e. The normalized spacial score (nSPS) is 18.9. The van der Waals surface area contributed by atoms with Crippen molar-refractivity contribution in [1.82, 2.24) is 4.90 Å². The Morgan fingerprint density at radius 3 is 2.48 bits per heavy atom. The summed E-state index contributed by atoms with van der Waals surface area (Å²) in [6.07, 6.45) is 3.23. The van der Waals surface area contributed by atoms with Gasteiger partial charge in [0, 0.05) is 13.1 Å². The molecule has 1 aliphatic carbocycles. The summed E-state index contributed by atoms with van der Waals surface area (Å²) in [5.41, 5.74) is -0.00633. The molecule has 2 aliphatic rings. The summed E-state index contributed by atoms with van der Waals surface area (Å²) in [5, 5.41) is 11.8. The Labute approximate surface area is 123 Å². The molecule has 21 heavy (non-hydrogen) atoms. The number of nitriles is 1. The third-order valence-corrected chi connectivity index (χ3v) is 4.28. The molecule has 3 rings (SSSR count). The number of amides is 2. The topological polar surface area (TPSA) is 73.2 Å². The van der Waals surface area contributed by atoms with Crippen LogP contribution in [-0.2, 0) is 9.59 Å². The summed E-state index contributed by atoms with van der Waals surface area (Å²) in [4.78, 5) is 26.8. The summed E-state index contributed by atoms with van der Waals surface area (Å²) in [7, 11) is 0. The Bertz CT molecular complexity index is 623. The highest BCUT2D eigenvalue weighted by molar-refractivity contribution is 6.13. The maximum atomic E-state index is 12.5. The van der Waals surface area contributed by atoms with Gasteiger partial charge in [0.1, 0.15) is 11.5 Å². The molecule has 0 unspecified atom stereocenters. The van der Waals surface area contributed by atoms with Crippen LogP contribution in [-0.4, -0.2) is 29.8 Å². The lowest BCUT2D eigenvalue weighted by Gasteiger charge is -2.22. The first-order chi connectivity index (χ1) is 10.2. The lowest BCUT2D eigenvalue weighted by Crippen LogP contribution is -2.41. The van der Waals surface area contributed by atoms with Crippen LogP contribution in [0.25, 0.3) is 0 Å². The summed E-state index contributed by atoms with van der Waals surface area (Å²) in [5.74, 6) is -0.325. The SMILES string of the molecule is N#Cc1ccccc1NC(=O)C1(C(=O)N2CCCC2)CC1. The first-order valence-corrected chi connectivity index (χ1v) is 7.27. The predicted molar refractivity (Wildman–Crippen MR) is 77.3 cm³/mol. The van der Waals surface area contributed by atoms with E-state index in [0.29, 0.717) is 24.1 Å². The molecule has 2 amide bonds. The number of likely N-dealkylation sites (tertiary alicyclic amines) is 1. The van der Waals surface area contributed by atoms with E-state index in [1.807, 2.05) is 6.07 Å². The monoisotopic (exact) mass is 283 g/mol. The molecule has 1 N–H and O–H groups in total. The fourth-order valence-corrected chi connectivity index (χ4v) is 2.82. The second kappa shape index (κ2) is 5.21. The zero-order valence-corrected chi connectivity index (χ0v) is 11.8. The smallest absolute Gasteiger partial charge is 0.240 e. The molecule has 0 radical (unpaired) electrons. The lowest BCUT2D eigenvalue weighted by molar-refractivity contribution is -0.141. The third kappa shape index (κ3) is 2.38. The molecular formula is C16H17N3O2. The van der Waals surface area contributed by atoms with E-state index in [4.69, 9.17) is 5.26 Å². The number of para-hydroxylation sites is 1. The van der Waals surface area contributed by atoms with Crippen LogP contribution >= 0.6 is 0 Å². The van der Waals surface area contributed by atoms with Crippen molar-refractivity contribution in [3.8, 4) is 6.07 Å². The van der Waals surface area contributed by atoms with E-state index in [1.54, 1.807) is 29.2 Å².